The van der Waals surface area contributed by atoms with Crippen molar-refractivity contribution >= 4 is 11.9 Å². The zero-order valence-electron chi connectivity index (χ0n) is 8.69. The van der Waals surface area contributed by atoms with Gasteiger partial charge >= 0.3 is 0 Å². The van der Waals surface area contributed by atoms with Crippen molar-refractivity contribution in [3.63, 3.8) is 0 Å². The number of guanidine groups is 1. The maximum absolute atomic E-state index is 11.6. The van der Waals surface area contributed by atoms with E-state index in [-0.39, 0.29) is 11.9 Å². The third kappa shape index (κ3) is 1.70. The molecular formula is C9H13N5O. The molecule has 0 aromatic carbocycles. The highest BCUT2D eigenvalue weighted by molar-refractivity contribution is 6.06. The summed E-state index contributed by atoms with van der Waals surface area (Å²) in [5, 5.41) is 9.74. The highest BCUT2D eigenvalue weighted by Gasteiger charge is 2.30. The second kappa shape index (κ2) is 3.72. The van der Waals surface area contributed by atoms with E-state index in [2.05, 4.69) is 20.7 Å². The Morgan fingerprint density at radius 1 is 1.67 bits per heavy atom. The molecule has 1 atom stereocenters. The van der Waals surface area contributed by atoms with E-state index in [1.165, 1.54) is 0 Å². The molecule has 2 heterocycles. The van der Waals surface area contributed by atoms with Gasteiger partial charge in [-0.05, 0) is 6.92 Å². The van der Waals surface area contributed by atoms with Crippen LogP contribution in [0.25, 0.3) is 0 Å². The molecule has 2 rings (SSSR count). The van der Waals surface area contributed by atoms with E-state index < -0.39 is 0 Å². The van der Waals surface area contributed by atoms with Crippen LogP contribution in [0.1, 0.15) is 18.5 Å². The number of nitrogens with zero attached hydrogens (tertiary/aromatic N) is 3. The summed E-state index contributed by atoms with van der Waals surface area (Å²) >= 11 is 0. The molecule has 80 valence electrons. The van der Waals surface area contributed by atoms with E-state index in [0.29, 0.717) is 5.96 Å². The van der Waals surface area contributed by atoms with Gasteiger partial charge in [0.2, 0.25) is 0 Å². The minimum Gasteiger partial charge on any atom is -0.340 e. The molecule has 1 fully saturated rings. The number of hydrogen-bond donors (Lipinski definition) is 2. The fourth-order valence-corrected chi connectivity index (χ4v) is 1.48. The first kappa shape index (κ1) is 9.70. The molecule has 1 amide bonds. The minimum atomic E-state index is -0.371. The number of aromatic nitrogens is 2. The molecule has 6 nitrogen and oxygen atoms in total. The maximum atomic E-state index is 11.6. The lowest BCUT2D eigenvalue weighted by atomic mass is 10.2. The number of carbonyl (C=O) groups is 1. The van der Waals surface area contributed by atoms with Gasteiger partial charge in [-0.3, -0.25) is 19.8 Å². The van der Waals surface area contributed by atoms with Crippen molar-refractivity contribution < 1.29 is 4.79 Å². The molecule has 1 aliphatic heterocycles. The molecule has 1 saturated heterocycles. The first-order chi connectivity index (χ1) is 7.24. The summed E-state index contributed by atoms with van der Waals surface area (Å²) in [6.07, 6.45) is 3.55. The Hall–Kier alpha value is -1.85. The van der Waals surface area contributed by atoms with Crippen molar-refractivity contribution in [2.45, 2.75) is 19.5 Å². The first-order valence-corrected chi connectivity index (χ1v) is 4.81. The predicted octanol–water partition coefficient (Wildman–Crippen LogP) is -0.351. The zero-order chi connectivity index (χ0) is 10.8. The molecule has 1 unspecified atom stereocenters. The largest absolute Gasteiger partial charge is 0.340 e. The number of amides is 1. The topological polar surface area (TPSA) is 71.3 Å². The van der Waals surface area contributed by atoms with Crippen molar-refractivity contribution in [2.75, 3.05) is 7.05 Å². The number of aliphatic imine (C=N–C) groups is 1. The summed E-state index contributed by atoms with van der Waals surface area (Å²) < 4.78 is 1.78. The van der Waals surface area contributed by atoms with Crippen molar-refractivity contribution in [1.82, 2.24) is 20.4 Å². The summed E-state index contributed by atoms with van der Waals surface area (Å²) in [5.41, 5.74) is 0.855. The number of carbonyl (C=O) groups excluding carboxylic acids is 1. The third-order valence-electron chi connectivity index (χ3n) is 2.32. The van der Waals surface area contributed by atoms with Gasteiger partial charge in [0.25, 0.3) is 5.91 Å². The normalized spacial score (nSPS) is 22.9. The summed E-state index contributed by atoms with van der Waals surface area (Å²) in [5.74, 6) is 0.417. The lowest BCUT2D eigenvalue weighted by Gasteiger charge is -2.03. The van der Waals surface area contributed by atoms with E-state index in [9.17, 15) is 4.79 Å². The molecule has 15 heavy (non-hydrogen) atoms. The Morgan fingerprint density at radius 3 is 3.00 bits per heavy atom. The zero-order valence-corrected chi connectivity index (χ0v) is 8.69. The van der Waals surface area contributed by atoms with E-state index in [0.717, 1.165) is 12.1 Å². The third-order valence-corrected chi connectivity index (χ3v) is 2.32. The number of aryl methyl sites for hydroxylation is 1. The molecule has 0 spiro atoms. The molecule has 0 aliphatic carbocycles. The average Bonchev–Trinajstić information content (AvgIpc) is 2.83. The van der Waals surface area contributed by atoms with Crippen LogP contribution in [0.5, 0.6) is 0 Å². The van der Waals surface area contributed by atoms with Crippen molar-refractivity contribution in [3.05, 3.63) is 18.0 Å². The van der Waals surface area contributed by atoms with Crippen LogP contribution in [0.4, 0.5) is 0 Å². The molecule has 2 N–H and O–H groups in total. The Bertz CT molecular complexity index is 408. The maximum Gasteiger partial charge on any atom is 0.254 e. The van der Waals surface area contributed by atoms with E-state index in [1.807, 2.05) is 13.1 Å². The lowest BCUT2D eigenvalue weighted by molar-refractivity contribution is -0.120. The smallest absolute Gasteiger partial charge is 0.254 e. The average molecular weight is 207 g/mol. The van der Waals surface area contributed by atoms with Crippen LogP contribution >= 0.6 is 0 Å². The van der Waals surface area contributed by atoms with Gasteiger partial charge in [-0.1, -0.05) is 0 Å². The Kier molecular flexibility index (Phi) is 2.40. The van der Waals surface area contributed by atoms with Gasteiger partial charge in [0.1, 0.15) is 6.04 Å². The summed E-state index contributed by atoms with van der Waals surface area (Å²) in [6, 6.07) is -0.371. The second-order valence-corrected chi connectivity index (χ2v) is 3.27. The predicted molar refractivity (Wildman–Crippen MR) is 55.3 cm³/mol. The standard InChI is InChI=1S/C9H13N5O/c1-3-14-5-6(4-11-14)7-8(15)13-9(10-2)12-7/h4-5,7H,3H2,1-2H3,(H2,10,12,13,15). The molecule has 1 aromatic rings. The molecule has 0 saturated carbocycles. The van der Waals surface area contributed by atoms with Crippen LogP contribution in [0.15, 0.2) is 17.4 Å². The fourth-order valence-electron chi connectivity index (χ4n) is 1.48. The van der Waals surface area contributed by atoms with Crippen LogP contribution in [0.2, 0.25) is 0 Å². The van der Waals surface area contributed by atoms with Crippen molar-refractivity contribution in [1.29, 1.82) is 0 Å². The van der Waals surface area contributed by atoms with Crippen LogP contribution in [0.3, 0.4) is 0 Å². The Balaban J connectivity index is 2.21. The highest BCUT2D eigenvalue weighted by Crippen LogP contribution is 2.15. The monoisotopic (exact) mass is 207 g/mol. The molecule has 0 bridgehead atoms. The lowest BCUT2D eigenvalue weighted by Crippen LogP contribution is -2.24. The molecule has 0 radical (unpaired) electrons. The van der Waals surface area contributed by atoms with Crippen LogP contribution in [0, 0.1) is 0 Å². The van der Waals surface area contributed by atoms with Gasteiger partial charge < -0.3 is 5.32 Å². The van der Waals surface area contributed by atoms with Crippen molar-refractivity contribution in [3.8, 4) is 0 Å². The number of hydrogen-bond acceptors (Lipinski definition) is 3. The molecular weight excluding hydrogens is 194 g/mol. The van der Waals surface area contributed by atoms with Gasteiger partial charge in [-0.25, -0.2) is 0 Å². The first-order valence-electron chi connectivity index (χ1n) is 4.81. The molecule has 1 aromatic heterocycles. The SMILES string of the molecule is CCn1cc(C2NC(=NC)NC2=O)cn1. The van der Waals surface area contributed by atoms with Crippen LogP contribution in [-0.2, 0) is 11.3 Å². The number of rotatable bonds is 2. The number of nitrogens with one attached hydrogen (secondary N) is 2. The Morgan fingerprint density at radius 2 is 2.47 bits per heavy atom. The van der Waals surface area contributed by atoms with Gasteiger partial charge in [-0.2, -0.15) is 5.10 Å². The van der Waals surface area contributed by atoms with Gasteiger partial charge in [0, 0.05) is 25.4 Å². The van der Waals surface area contributed by atoms with Crippen LogP contribution in [-0.4, -0.2) is 28.7 Å². The van der Waals surface area contributed by atoms with Crippen LogP contribution < -0.4 is 10.6 Å². The molecule has 1 aliphatic rings. The summed E-state index contributed by atoms with van der Waals surface area (Å²) in [4.78, 5) is 15.4. The summed E-state index contributed by atoms with van der Waals surface area (Å²) in [6.45, 7) is 2.79. The van der Waals surface area contributed by atoms with Crippen molar-refractivity contribution in [2.24, 2.45) is 4.99 Å². The summed E-state index contributed by atoms with van der Waals surface area (Å²) in [7, 11) is 1.63. The Labute approximate surface area is 87.4 Å². The van der Waals surface area contributed by atoms with E-state index in [4.69, 9.17) is 0 Å². The van der Waals surface area contributed by atoms with Gasteiger partial charge in [0.05, 0.1) is 6.20 Å². The highest BCUT2D eigenvalue weighted by atomic mass is 16.2. The quantitative estimate of drug-likeness (QED) is 0.696. The second-order valence-electron chi connectivity index (χ2n) is 3.27. The van der Waals surface area contributed by atoms with E-state index >= 15 is 0 Å². The van der Waals surface area contributed by atoms with Gasteiger partial charge in [-0.15, -0.1) is 0 Å². The van der Waals surface area contributed by atoms with E-state index in [1.54, 1.807) is 17.9 Å². The minimum absolute atomic E-state index is 0.0914. The fraction of sp³-hybridized carbons (Fsp3) is 0.444. The van der Waals surface area contributed by atoms with Gasteiger partial charge in [0.15, 0.2) is 5.96 Å². The molecule has 6 heteroatoms.